The van der Waals surface area contributed by atoms with Crippen molar-refractivity contribution in [3.63, 3.8) is 0 Å². The molecule has 7 heteroatoms. The van der Waals surface area contributed by atoms with Gasteiger partial charge in [0.15, 0.2) is 0 Å². The molecule has 0 aromatic carbocycles. The van der Waals surface area contributed by atoms with Crippen LogP contribution < -0.4 is 5.32 Å². The van der Waals surface area contributed by atoms with Crippen LogP contribution in [0.1, 0.15) is 22.5 Å². The lowest BCUT2D eigenvalue weighted by molar-refractivity contribution is 0.0741. The molecule has 1 aliphatic heterocycles. The second kappa shape index (κ2) is 6.12. The van der Waals surface area contributed by atoms with Crippen LogP contribution in [0, 0.1) is 0 Å². The zero-order valence-electron chi connectivity index (χ0n) is 9.05. The number of aromatic nitrogens is 2. The number of hydrogen-bond acceptors (Lipinski definition) is 5. The minimum atomic E-state index is 0. The molecular weight excluding hydrogens is 248 g/mol. The first-order valence-electron chi connectivity index (χ1n) is 5.06. The molecule has 1 saturated heterocycles. The third-order valence-electron chi connectivity index (χ3n) is 2.65. The molecule has 0 radical (unpaired) electrons. The van der Waals surface area contributed by atoms with E-state index in [9.17, 15) is 4.79 Å². The van der Waals surface area contributed by atoms with Gasteiger partial charge in [0.2, 0.25) is 0 Å². The number of nitrogens with zero attached hydrogens (tertiary/aromatic N) is 3. The van der Waals surface area contributed by atoms with Gasteiger partial charge in [-0.1, -0.05) is 4.49 Å². The lowest BCUT2D eigenvalue weighted by Gasteiger charge is -2.23. The third kappa shape index (κ3) is 2.69. The summed E-state index contributed by atoms with van der Waals surface area (Å²) in [5, 5.41) is 6.81. The SMILES string of the molecule is CNCC1CCCN1C(=O)c1cnns1.Cl. The summed E-state index contributed by atoms with van der Waals surface area (Å²) in [5.74, 6) is 0.0720. The molecule has 1 amide bonds. The van der Waals surface area contributed by atoms with Gasteiger partial charge in [-0.15, -0.1) is 17.5 Å². The predicted octanol–water partition coefficient (Wildman–Crippen LogP) is 0.784. The maximum absolute atomic E-state index is 12.0. The van der Waals surface area contributed by atoms with Crippen molar-refractivity contribution in [2.75, 3.05) is 20.1 Å². The Morgan fingerprint density at radius 3 is 3.19 bits per heavy atom. The van der Waals surface area contributed by atoms with E-state index in [1.807, 2.05) is 11.9 Å². The van der Waals surface area contributed by atoms with E-state index in [0.29, 0.717) is 10.9 Å². The molecule has 5 nitrogen and oxygen atoms in total. The Hall–Kier alpha value is -0.720. The molecule has 2 heterocycles. The van der Waals surface area contributed by atoms with E-state index in [1.54, 1.807) is 6.20 Å². The van der Waals surface area contributed by atoms with Gasteiger partial charge in [0, 0.05) is 19.1 Å². The Bertz CT molecular complexity index is 332. The zero-order valence-corrected chi connectivity index (χ0v) is 10.7. The van der Waals surface area contributed by atoms with Crippen LogP contribution in [-0.4, -0.2) is 46.6 Å². The predicted molar refractivity (Wildman–Crippen MR) is 65.1 cm³/mol. The van der Waals surface area contributed by atoms with Gasteiger partial charge < -0.3 is 10.2 Å². The fourth-order valence-corrected chi connectivity index (χ4v) is 2.43. The molecule has 1 unspecified atom stereocenters. The summed E-state index contributed by atoms with van der Waals surface area (Å²) in [6.45, 7) is 1.71. The summed E-state index contributed by atoms with van der Waals surface area (Å²) in [6.07, 6.45) is 3.71. The number of likely N-dealkylation sites (N-methyl/N-ethyl adjacent to an activating group) is 1. The Kier molecular flexibility index (Phi) is 5.11. The van der Waals surface area contributed by atoms with Crippen LogP contribution in [0.3, 0.4) is 0 Å². The van der Waals surface area contributed by atoms with Crippen LogP contribution >= 0.6 is 23.9 Å². The van der Waals surface area contributed by atoms with E-state index < -0.39 is 0 Å². The lowest BCUT2D eigenvalue weighted by Crippen LogP contribution is -2.40. The summed E-state index contributed by atoms with van der Waals surface area (Å²) < 4.78 is 3.71. The van der Waals surface area contributed by atoms with Crippen molar-refractivity contribution < 1.29 is 4.79 Å². The molecule has 2 rings (SSSR count). The van der Waals surface area contributed by atoms with Gasteiger partial charge in [0.25, 0.3) is 5.91 Å². The van der Waals surface area contributed by atoms with Gasteiger partial charge in [-0.25, -0.2) is 0 Å². The second-order valence-electron chi connectivity index (χ2n) is 3.63. The number of halogens is 1. The molecule has 1 fully saturated rings. The van der Waals surface area contributed by atoms with Crippen molar-refractivity contribution in [2.24, 2.45) is 0 Å². The fourth-order valence-electron chi connectivity index (χ4n) is 1.95. The van der Waals surface area contributed by atoms with Crippen molar-refractivity contribution in [2.45, 2.75) is 18.9 Å². The van der Waals surface area contributed by atoms with Gasteiger partial charge >= 0.3 is 0 Å². The van der Waals surface area contributed by atoms with Gasteiger partial charge in [-0.3, -0.25) is 4.79 Å². The van der Waals surface area contributed by atoms with Crippen LogP contribution in [-0.2, 0) is 0 Å². The number of nitrogens with one attached hydrogen (secondary N) is 1. The molecule has 0 bridgehead atoms. The normalized spacial score (nSPS) is 19.6. The molecule has 1 aromatic heterocycles. The van der Waals surface area contributed by atoms with Crippen LogP contribution in [0.5, 0.6) is 0 Å². The zero-order chi connectivity index (χ0) is 10.7. The number of carbonyl (C=O) groups is 1. The van der Waals surface area contributed by atoms with Crippen LogP contribution in [0.25, 0.3) is 0 Å². The van der Waals surface area contributed by atoms with Gasteiger partial charge in [-0.05, 0) is 31.4 Å². The smallest absolute Gasteiger partial charge is 0.267 e. The van der Waals surface area contributed by atoms with E-state index in [1.165, 1.54) is 11.5 Å². The minimum Gasteiger partial charge on any atom is -0.334 e. The number of amides is 1. The highest BCUT2D eigenvalue weighted by Crippen LogP contribution is 2.20. The first-order chi connectivity index (χ1) is 7.33. The summed E-state index contributed by atoms with van der Waals surface area (Å²) in [5.41, 5.74) is 0. The summed E-state index contributed by atoms with van der Waals surface area (Å²) in [7, 11) is 1.91. The monoisotopic (exact) mass is 262 g/mol. The van der Waals surface area contributed by atoms with Crippen molar-refractivity contribution in [3.8, 4) is 0 Å². The topological polar surface area (TPSA) is 58.1 Å². The number of likely N-dealkylation sites (tertiary alicyclic amines) is 1. The first-order valence-corrected chi connectivity index (χ1v) is 5.83. The Morgan fingerprint density at radius 1 is 1.75 bits per heavy atom. The molecule has 0 spiro atoms. The largest absolute Gasteiger partial charge is 0.334 e. The summed E-state index contributed by atoms with van der Waals surface area (Å²) in [4.78, 5) is 14.6. The van der Waals surface area contributed by atoms with Crippen LogP contribution in [0.2, 0.25) is 0 Å². The van der Waals surface area contributed by atoms with Gasteiger partial charge in [-0.2, -0.15) is 0 Å². The maximum atomic E-state index is 12.0. The van der Waals surface area contributed by atoms with Crippen molar-refractivity contribution in [1.29, 1.82) is 0 Å². The van der Waals surface area contributed by atoms with E-state index in [4.69, 9.17) is 0 Å². The Balaban J connectivity index is 0.00000128. The summed E-state index contributed by atoms with van der Waals surface area (Å²) in [6, 6.07) is 0.324. The molecule has 0 aliphatic carbocycles. The van der Waals surface area contributed by atoms with Crippen molar-refractivity contribution in [3.05, 3.63) is 11.1 Å². The molecule has 1 aromatic rings. The molecular formula is C9H15ClN4OS. The van der Waals surface area contributed by atoms with Crippen LogP contribution in [0.15, 0.2) is 6.20 Å². The van der Waals surface area contributed by atoms with E-state index in [0.717, 1.165) is 25.9 Å². The van der Waals surface area contributed by atoms with Crippen molar-refractivity contribution in [1.82, 2.24) is 19.8 Å². The van der Waals surface area contributed by atoms with Gasteiger partial charge in [0.1, 0.15) is 4.88 Å². The summed E-state index contributed by atoms with van der Waals surface area (Å²) >= 11 is 1.17. The molecule has 0 saturated carbocycles. The standard InChI is InChI=1S/C9H14N4OS.ClH/c1-10-5-7-3-2-4-13(7)9(14)8-6-11-12-15-8;/h6-7,10H,2-5H2,1H3;1H. The Labute approximate surface area is 105 Å². The van der Waals surface area contributed by atoms with E-state index >= 15 is 0 Å². The number of rotatable bonds is 3. The van der Waals surface area contributed by atoms with Crippen LogP contribution in [0.4, 0.5) is 0 Å². The quantitative estimate of drug-likeness (QED) is 0.875. The Morgan fingerprint density at radius 2 is 2.56 bits per heavy atom. The maximum Gasteiger partial charge on any atom is 0.267 e. The molecule has 16 heavy (non-hydrogen) atoms. The van der Waals surface area contributed by atoms with E-state index in [2.05, 4.69) is 14.9 Å². The number of carbonyl (C=O) groups excluding carboxylic acids is 1. The fraction of sp³-hybridized carbons (Fsp3) is 0.667. The highest BCUT2D eigenvalue weighted by molar-refractivity contribution is 7.07. The molecule has 1 atom stereocenters. The van der Waals surface area contributed by atoms with E-state index in [-0.39, 0.29) is 18.3 Å². The average molecular weight is 263 g/mol. The van der Waals surface area contributed by atoms with Crippen molar-refractivity contribution >= 4 is 29.8 Å². The third-order valence-corrected chi connectivity index (χ3v) is 3.30. The molecule has 1 N–H and O–H groups in total. The second-order valence-corrected chi connectivity index (χ2v) is 4.42. The molecule has 1 aliphatic rings. The lowest BCUT2D eigenvalue weighted by atomic mass is 10.2. The average Bonchev–Trinajstić information content (AvgIpc) is 2.87. The highest BCUT2D eigenvalue weighted by Gasteiger charge is 2.29. The highest BCUT2D eigenvalue weighted by atomic mass is 35.5. The number of hydrogen-bond donors (Lipinski definition) is 1. The first kappa shape index (κ1) is 13.3. The van der Waals surface area contributed by atoms with Gasteiger partial charge in [0.05, 0.1) is 6.20 Å². The molecule has 90 valence electrons. The minimum absolute atomic E-state index is 0.